The molecule has 94 valence electrons. The predicted octanol–water partition coefficient (Wildman–Crippen LogP) is 1.44. The van der Waals surface area contributed by atoms with Crippen LogP contribution < -0.4 is 0 Å². The molecule has 1 fully saturated rings. The van der Waals surface area contributed by atoms with Crippen molar-refractivity contribution in [2.24, 2.45) is 0 Å². The van der Waals surface area contributed by atoms with Crippen LogP contribution in [0.2, 0.25) is 0 Å². The highest BCUT2D eigenvalue weighted by Gasteiger charge is 2.30. The Labute approximate surface area is 97.9 Å². The lowest BCUT2D eigenvalue weighted by atomic mass is 10.1. The second kappa shape index (κ2) is 5.15. The molecule has 0 aromatic carbocycles. The summed E-state index contributed by atoms with van der Waals surface area (Å²) in [5.74, 6) is -0.165. The number of ether oxygens (including phenoxy) is 2. The van der Waals surface area contributed by atoms with Crippen LogP contribution in [-0.2, 0) is 14.3 Å². The molecule has 0 aromatic rings. The molecule has 1 saturated heterocycles. The summed E-state index contributed by atoms with van der Waals surface area (Å²) in [7, 11) is 1.95. The quantitative estimate of drug-likeness (QED) is 0.686. The van der Waals surface area contributed by atoms with Crippen molar-refractivity contribution in [3.8, 4) is 0 Å². The van der Waals surface area contributed by atoms with E-state index in [0.29, 0.717) is 12.6 Å². The molecule has 1 heterocycles. The summed E-state index contributed by atoms with van der Waals surface area (Å²) >= 11 is 0. The number of rotatable bonds is 3. The van der Waals surface area contributed by atoms with E-state index in [0.717, 1.165) is 13.0 Å². The van der Waals surface area contributed by atoms with Crippen molar-refractivity contribution in [2.45, 2.75) is 51.8 Å². The van der Waals surface area contributed by atoms with Gasteiger partial charge in [0.2, 0.25) is 0 Å². The van der Waals surface area contributed by atoms with Gasteiger partial charge in [0.1, 0.15) is 11.6 Å². The fourth-order valence-corrected chi connectivity index (χ4v) is 1.71. The van der Waals surface area contributed by atoms with Crippen molar-refractivity contribution in [3.63, 3.8) is 0 Å². The van der Waals surface area contributed by atoms with Crippen molar-refractivity contribution in [1.29, 1.82) is 0 Å². The van der Waals surface area contributed by atoms with Crippen LogP contribution in [0.4, 0.5) is 0 Å². The van der Waals surface area contributed by atoms with Crippen LogP contribution in [0, 0.1) is 0 Å². The molecule has 0 saturated carbocycles. The first-order chi connectivity index (χ1) is 7.31. The Morgan fingerprint density at radius 1 is 1.50 bits per heavy atom. The lowest BCUT2D eigenvalue weighted by Crippen LogP contribution is -2.45. The van der Waals surface area contributed by atoms with E-state index in [9.17, 15) is 4.79 Å². The van der Waals surface area contributed by atoms with Crippen LogP contribution >= 0.6 is 0 Å². The van der Waals surface area contributed by atoms with Crippen LogP contribution in [0.15, 0.2) is 0 Å². The Morgan fingerprint density at radius 3 is 2.56 bits per heavy atom. The fourth-order valence-electron chi connectivity index (χ4n) is 1.71. The van der Waals surface area contributed by atoms with Gasteiger partial charge in [-0.25, -0.2) is 0 Å². The van der Waals surface area contributed by atoms with E-state index in [1.807, 2.05) is 39.6 Å². The van der Waals surface area contributed by atoms with Gasteiger partial charge >= 0.3 is 5.97 Å². The first-order valence-electron chi connectivity index (χ1n) is 5.84. The van der Waals surface area contributed by atoms with Crippen LogP contribution in [0.25, 0.3) is 0 Å². The van der Waals surface area contributed by atoms with Gasteiger partial charge in [-0.05, 0) is 41.2 Å². The van der Waals surface area contributed by atoms with Gasteiger partial charge in [0.05, 0.1) is 6.61 Å². The summed E-state index contributed by atoms with van der Waals surface area (Å²) in [6.45, 7) is 9.04. The zero-order chi connectivity index (χ0) is 12.3. The second-order valence-corrected chi connectivity index (χ2v) is 5.39. The first kappa shape index (κ1) is 13.5. The number of esters is 1. The first-order valence-corrected chi connectivity index (χ1v) is 5.84. The molecule has 2 atom stereocenters. The van der Waals surface area contributed by atoms with E-state index < -0.39 is 5.60 Å². The molecule has 0 amide bonds. The smallest absolute Gasteiger partial charge is 0.323 e. The molecule has 0 spiro atoms. The maximum atomic E-state index is 11.9. The van der Waals surface area contributed by atoms with Gasteiger partial charge in [-0.2, -0.15) is 0 Å². The average molecular weight is 229 g/mol. The van der Waals surface area contributed by atoms with Gasteiger partial charge < -0.3 is 9.47 Å². The molecule has 0 N–H and O–H groups in total. The number of likely N-dealkylation sites (N-methyl/N-ethyl adjacent to an activating group) is 1. The zero-order valence-electron chi connectivity index (χ0n) is 10.9. The molecule has 1 aliphatic heterocycles. The monoisotopic (exact) mass is 229 g/mol. The van der Waals surface area contributed by atoms with Gasteiger partial charge in [-0.15, -0.1) is 0 Å². The van der Waals surface area contributed by atoms with E-state index in [-0.39, 0.29) is 12.0 Å². The lowest BCUT2D eigenvalue weighted by Gasteiger charge is -2.30. The SMILES string of the molecule is CC(C(=O)OC(C)(C)C)N(C)C1CCOC1. The Balaban J connectivity index is 2.49. The van der Waals surface area contributed by atoms with Gasteiger partial charge in [-0.3, -0.25) is 9.69 Å². The van der Waals surface area contributed by atoms with Crippen LogP contribution in [0.5, 0.6) is 0 Å². The maximum absolute atomic E-state index is 11.9. The van der Waals surface area contributed by atoms with Gasteiger partial charge in [0.25, 0.3) is 0 Å². The molecule has 0 aromatic heterocycles. The summed E-state index contributed by atoms with van der Waals surface area (Å²) in [4.78, 5) is 13.9. The van der Waals surface area contributed by atoms with Crippen LogP contribution in [0.1, 0.15) is 34.1 Å². The van der Waals surface area contributed by atoms with E-state index >= 15 is 0 Å². The number of carbonyl (C=O) groups is 1. The minimum atomic E-state index is -0.418. The van der Waals surface area contributed by atoms with Crippen molar-refractivity contribution >= 4 is 5.97 Å². The molecule has 2 unspecified atom stereocenters. The third kappa shape index (κ3) is 3.76. The van der Waals surface area contributed by atoms with Crippen LogP contribution in [-0.4, -0.2) is 48.8 Å². The molecule has 0 aliphatic carbocycles. The molecule has 1 rings (SSSR count). The number of carbonyl (C=O) groups excluding carboxylic acids is 1. The minimum absolute atomic E-state index is 0.165. The lowest BCUT2D eigenvalue weighted by molar-refractivity contribution is -0.161. The van der Waals surface area contributed by atoms with E-state index in [4.69, 9.17) is 9.47 Å². The maximum Gasteiger partial charge on any atom is 0.323 e. The Morgan fingerprint density at radius 2 is 2.12 bits per heavy atom. The van der Waals surface area contributed by atoms with Crippen molar-refractivity contribution in [2.75, 3.05) is 20.3 Å². The highest BCUT2D eigenvalue weighted by atomic mass is 16.6. The Bertz CT molecular complexity index is 241. The van der Waals surface area contributed by atoms with Crippen LogP contribution in [0.3, 0.4) is 0 Å². The summed E-state index contributed by atoms with van der Waals surface area (Å²) in [6, 6.07) is 0.119. The minimum Gasteiger partial charge on any atom is -0.459 e. The standard InChI is InChI=1S/C12H23NO3/c1-9(11(14)16-12(2,3)4)13(5)10-6-7-15-8-10/h9-10H,6-8H2,1-5H3. The topological polar surface area (TPSA) is 38.8 Å². The third-order valence-electron chi connectivity index (χ3n) is 2.84. The summed E-state index contributed by atoms with van der Waals surface area (Å²) in [5.41, 5.74) is -0.418. The largest absolute Gasteiger partial charge is 0.459 e. The summed E-state index contributed by atoms with van der Waals surface area (Å²) < 4.78 is 10.7. The molecular formula is C12H23NO3. The normalized spacial score (nSPS) is 23.5. The van der Waals surface area contributed by atoms with Gasteiger partial charge in [-0.1, -0.05) is 0 Å². The highest BCUT2D eigenvalue weighted by Crippen LogP contribution is 2.16. The Hall–Kier alpha value is -0.610. The summed E-state index contributed by atoms with van der Waals surface area (Å²) in [6.07, 6.45) is 0.990. The second-order valence-electron chi connectivity index (χ2n) is 5.39. The van der Waals surface area contributed by atoms with Crippen molar-refractivity contribution < 1.29 is 14.3 Å². The van der Waals surface area contributed by atoms with E-state index in [1.165, 1.54) is 0 Å². The predicted molar refractivity (Wildman–Crippen MR) is 62.3 cm³/mol. The fraction of sp³-hybridized carbons (Fsp3) is 0.917. The molecule has 0 radical (unpaired) electrons. The molecular weight excluding hydrogens is 206 g/mol. The number of hydrogen-bond acceptors (Lipinski definition) is 4. The molecule has 16 heavy (non-hydrogen) atoms. The van der Waals surface area contributed by atoms with E-state index in [1.54, 1.807) is 0 Å². The number of nitrogens with zero attached hydrogens (tertiary/aromatic N) is 1. The molecule has 4 heteroatoms. The number of hydrogen-bond donors (Lipinski definition) is 0. The summed E-state index contributed by atoms with van der Waals surface area (Å²) in [5, 5.41) is 0. The molecule has 1 aliphatic rings. The van der Waals surface area contributed by atoms with E-state index in [2.05, 4.69) is 0 Å². The molecule has 0 bridgehead atoms. The third-order valence-corrected chi connectivity index (χ3v) is 2.84. The van der Waals surface area contributed by atoms with Crippen molar-refractivity contribution in [3.05, 3.63) is 0 Å². The van der Waals surface area contributed by atoms with Gasteiger partial charge in [0, 0.05) is 12.6 Å². The van der Waals surface area contributed by atoms with Crippen molar-refractivity contribution in [1.82, 2.24) is 4.90 Å². The molecule has 4 nitrogen and oxygen atoms in total. The van der Waals surface area contributed by atoms with Gasteiger partial charge in [0.15, 0.2) is 0 Å². The average Bonchev–Trinajstić information content (AvgIpc) is 2.65. The highest BCUT2D eigenvalue weighted by molar-refractivity contribution is 5.75. The zero-order valence-corrected chi connectivity index (χ0v) is 10.9. The Kier molecular flexibility index (Phi) is 4.33.